The SMILES string of the molecule is CC.CCCCC1OC[C@@]2(C(=O)OC)N1C(=O)[C@H](CCO)[C@]2(C)O. The Morgan fingerprint density at radius 3 is 2.54 bits per heavy atom. The van der Waals surface area contributed by atoms with Gasteiger partial charge in [-0.15, -0.1) is 0 Å². The van der Waals surface area contributed by atoms with Crippen LogP contribution in [0.2, 0.25) is 0 Å². The van der Waals surface area contributed by atoms with Gasteiger partial charge >= 0.3 is 5.97 Å². The maximum Gasteiger partial charge on any atom is 0.337 e. The lowest BCUT2D eigenvalue weighted by atomic mass is 9.76. The van der Waals surface area contributed by atoms with Gasteiger partial charge in [0.15, 0.2) is 5.54 Å². The highest BCUT2D eigenvalue weighted by Crippen LogP contribution is 2.50. The fourth-order valence-corrected chi connectivity index (χ4v) is 3.68. The number of methoxy groups -OCH3 is 1. The number of aliphatic hydroxyl groups excluding tert-OH is 1. The number of hydrogen-bond acceptors (Lipinski definition) is 6. The van der Waals surface area contributed by atoms with Crippen LogP contribution >= 0.6 is 0 Å². The molecule has 0 saturated carbocycles. The van der Waals surface area contributed by atoms with E-state index < -0.39 is 29.3 Å². The van der Waals surface area contributed by atoms with E-state index in [2.05, 4.69) is 0 Å². The number of ether oxygens (including phenoxy) is 2. The Morgan fingerprint density at radius 1 is 1.42 bits per heavy atom. The Labute approximate surface area is 143 Å². The van der Waals surface area contributed by atoms with Gasteiger partial charge in [-0.25, -0.2) is 4.79 Å². The molecule has 2 fully saturated rings. The summed E-state index contributed by atoms with van der Waals surface area (Å²) in [5.41, 5.74) is -3.18. The topological polar surface area (TPSA) is 96.3 Å². The number of esters is 1. The van der Waals surface area contributed by atoms with Gasteiger partial charge in [-0.3, -0.25) is 9.69 Å². The van der Waals surface area contributed by atoms with Crippen LogP contribution in [0.25, 0.3) is 0 Å². The molecule has 0 aliphatic carbocycles. The van der Waals surface area contributed by atoms with Gasteiger partial charge in [-0.05, 0) is 26.2 Å². The fraction of sp³-hybridized carbons (Fsp3) is 0.882. The van der Waals surface area contributed by atoms with Crippen LogP contribution in [0.1, 0.15) is 53.4 Å². The van der Waals surface area contributed by atoms with Gasteiger partial charge in [0.05, 0.1) is 19.6 Å². The molecule has 2 rings (SSSR count). The molecule has 0 aromatic heterocycles. The van der Waals surface area contributed by atoms with Gasteiger partial charge < -0.3 is 19.7 Å². The van der Waals surface area contributed by atoms with Crippen molar-refractivity contribution in [3.63, 3.8) is 0 Å². The van der Waals surface area contributed by atoms with Crippen molar-refractivity contribution in [3.8, 4) is 0 Å². The lowest BCUT2D eigenvalue weighted by Gasteiger charge is -2.38. The molecule has 0 aromatic carbocycles. The molecular formula is C17H31NO6. The fourth-order valence-electron chi connectivity index (χ4n) is 3.68. The van der Waals surface area contributed by atoms with E-state index in [1.54, 1.807) is 0 Å². The molecule has 0 aromatic rings. The molecule has 4 atom stereocenters. The second-order valence-electron chi connectivity index (χ2n) is 6.18. The molecule has 140 valence electrons. The Morgan fingerprint density at radius 2 is 2.04 bits per heavy atom. The van der Waals surface area contributed by atoms with E-state index in [-0.39, 0.29) is 25.5 Å². The highest BCUT2D eigenvalue weighted by molar-refractivity contribution is 5.96. The standard InChI is InChI=1S/C15H25NO6.C2H6/c1-4-5-6-11-16-12(18)10(7-8-17)14(2,20)15(16,9-22-11)13(19)21-3;1-2/h10-11,17,20H,4-9H2,1-3H3;1-2H3/t10-,11?,14-,15-;/m0./s1. The summed E-state index contributed by atoms with van der Waals surface area (Å²) in [7, 11) is 1.23. The van der Waals surface area contributed by atoms with Crippen molar-refractivity contribution < 1.29 is 29.3 Å². The highest BCUT2D eigenvalue weighted by atomic mass is 16.6. The number of aliphatic hydroxyl groups is 2. The minimum Gasteiger partial charge on any atom is -0.467 e. The second-order valence-corrected chi connectivity index (χ2v) is 6.18. The summed E-state index contributed by atoms with van der Waals surface area (Å²) in [6.45, 7) is 7.15. The lowest BCUT2D eigenvalue weighted by molar-refractivity contribution is -0.166. The predicted molar refractivity (Wildman–Crippen MR) is 88.0 cm³/mol. The monoisotopic (exact) mass is 345 g/mol. The normalized spacial score (nSPS) is 34.6. The van der Waals surface area contributed by atoms with Gasteiger partial charge in [0.25, 0.3) is 0 Å². The van der Waals surface area contributed by atoms with E-state index in [1.165, 1.54) is 18.9 Å². The van der Waals surface area contributed by atoms with Crippen LogP contribution in [0.3, 0.4) is 0 Å². The van der Waals surface area contributed by atoms with Crippen molar-refractivity contribution in [1.29, 1.82) is 0 Å². The summed E-state index contributed by atoms with van der Waals surface area (Å²) in [5, 5.41) is 20.2. The summed E-state index contributed by atoms with van der Waals surface area (Å²) in [5.74, 6) is -1.88. The van der Waals surface area contributed by atoms with Crippen molar-refractivity contribution >= 4 is 11.9 Å². The summed E-state index contributed by atoms with van der Waals surface area (Å²) in [6, 6.07) is 0. The molecule has 1 unspecified atom stereocenters. The molecule has 24 heavy (non-hydrogen) atoms. The third-order valence-corrected chi connectivity index (χ3v) is 4.98. The van der Waals surface area contributed by atoms with Crippen LogP contribution in [0.4, 0.5) is 0 Å². The number of fused-ring (bicyclic) bond motifs is 1. The zero-order valence-electron chi connectivity index (χ0n) is 15.4. The molecule has 0 bridgehead atoms. The van der Waals surface area contributed by atoms with E-state index in [4.69, 9.17) is 9.47 Å². The molecule has 2 heterocycles. The number of nitrogens with zero attached hydrogens (tertiary/aromatic N) is 1. The highest BCUT2D eigenvalue weighted by Gasteiger charge is 2.74. The maximum absolute atomic E-state index is 12.8. The molecule has 0 radical (unpaired) electrons. The zero-order chi connectivity index (χ0) is 18.5. The summed E-state index contributed by atoms with van der Waals surface area (Å²) in [4.78, 5) is 26.5. The van der Waals surface area contributed by atoms with Gasteiger partial charge in [-0.1, -0.05) is 27.2 Å². The summed E-state index contributed by atoms with van der Waals surface area (Å²) in [6.07, 6.45) is 1.94. The molecule has 2 saturated heterocycles. The number of amides is 1. The van der Waals surface area contributed by atoms with E-state index in [9.17, 15) is 19.8 Å². The Kier molecular flexibility index (Phi) is 7.19. The average molecular weight is 345 g/mol. The quantitative estimate of drug-likeness (QED) is 0.699. The number of unbranched alkanes of at least 4 members (excludes halogenated alkanes) is 1. The number of rotatable bonds is 6. The van der Waals surface area contributed by atoms with Gasteiger partial charge in [0.2, 0.25) is 5.91 Å². The number of carbonyl (C=O) groups is 2. The van der Waals surface area contributed by atoms with E-state index in [0.29, 0.717) is 6.42 Å². The molecule has 7 nitrogen and oxygen atoms in total. The third-order valence-electron chi connectivity index (χ3n) is 4.98. The second kappa shape index (κ2) is 8.27. The largest absolute Gasteiger partial charge is 0.467 e. The van der Waals surface area contributed by atoms with Crippen molar-refractivity contribution in [2.75, 3.05) is 20.3 Å². The third kappa shape index (κ3) is 2.93. The minimum atomic E-state index is -1.65. The van der Waals surface area contributed by atoms with E-state index in [1.807, 2.05) is 20.8 Å². The molecule has 2 N–H and O–H groups in total. The Hall–Kier alpha value is -1.18. The zero-order valence-corrected chi connectivity index (χ0v) is 15.4. The predicted octanol–water partition coefficient (Wildman–Crippen LogP) is 1.06. The molecular weight excluding hydrogens is 314 g/mol. The van der Waals surface area contributed by atoms with E-state index in [0.717, 1.165) is 12.8 Å². The average Bonchev–Trinajstić information content (AvgIpc) is 3.05. The van der Waals surface area contributed by atoms with Crippen LogP contribution in [-0.2, 0) is 19.1 Å². The summed E-state index contributed by atoms with van der Waals surface area (Å²) >= 11 is 0. The molecule has 2 aliphatic heterocycles. The van der Waals surface area contributed by atoms with Crippen molar-refractivity contribution in [2.24, 2.45) is 5.92 Å². The van der Waals surface area contributed by atoms with Crippen molar-refractivity contribution in [3.05, 3.63) is 0 Å². The van der Waals surface area contributed by atoms with Crippen LogP contribution in [-0.4, -0.2) is 64.7 Å². The van der Waals surface area contributed by atoms with Crippen molar-refractivity contribution in [2.45, 2.75) is 70.7 Å². The first-order valence-electron chi connectivity index (χ1n) is 8.74. The van der Waals surface area contributed by atoms with Crippen LogP contribution < -0.4 is 0 Å². The maximum atomic E-state index is 12.8. The molecule has 7 heteroatoms. The molecule has 2 aliphatic rings. The first kappa shape index (κ1) is 20.9. The lowest BCUT2D eigenvalue weighted by Crippen LogP contribution is -2.63. The first-order valence-corrected chi connectivity index (χ1v) is 8.74. The Bertz CT molecular complexity index is 452. The van der Waals surface area contributed by atoms with Crippen LogP contribution in [0.15, 0.2) is 0 Å². The van der Waals surface area contributed by atoms with E-state index >= 15 is 0 Å². The van der Waals surface area contributed by atoms with Crippen LogP contribution in [0.5, 0.6) is 0 Å². The van der Waals surface area contributed by atoms with Gasteiger partial charge in [-0.2, -0.15) is 0 Å². The van der Waals surface area contributed by atoms with Crippen molar-refractivity contribution in [1.82, 2.24) is 4.90 Å². The summed E-state index contributed by atoms with van der Waals surface area (Å²) < 4.78 is 10.5. The van der Waals surface area contributed by atoms with Gasteiger partial charge in [0, 0.05) is 6.61 Å². The minimum absolute atomic E-state index is 0.0886. The number of carbonyl (C=O) groups excluding carboxylic acids is 2. The first-order chi connectivity index (χ1) is 11.4. The number of hydrogen-bond donors (Lipinski definition) is 2. The Balaban J connectivity index is 0.00000139. The molecule has 1 amide bonds. The molecule has 0 spiro atoms. The smallest absolute Gasteiger partial charge is 0.337 e. The van der Waals surface area contributed by atoms with Crippen LogP contribution in [0, 0.1) is 5.92 Å². The van der Waals surface area contributed by atoms with Gasteiger partial charge in [0.1, 0.15) is 11.8 Å².